The van der Waals surface area contributed by atoms with Crippen LogP contribution in [0.4, 0.5) is 19.3 Å². The second-order valence-corrected chi connectivity index (χ2v) is 4.84. The molecule has 2 amide bonds. The predicted octanol–water partition coefficient (Wildman–Crippen LogP) is 3.07. The molecule has 0 atom stereocenters. The van der Waals surface area contributed by atoms with Crippen molar-refractivity contribution in [3.05, 3.63) is 29.8 Å². The van der Waals surface area contributed by atoms with Crippen molar-refractivity contribution in [1.29, 1.82) is 0 Å². The summed E-state index contributed by atoms with van der Waals surface area (Å²) in [5.41, 5.74) is 0.141. The highest BCUT2D eigenvalue weighted by molar-refractivity contribution is 5.89. The number of anilines is 1. The third-order valence-corrected chi connectivity index (χ3v) is 2.84. The molecule has 1 aromatic rings. The highest BCUT2D eigenvalue weighted by Crippen LogP contribution is 2.14. The van der Waals surface area contributed by atoms with Crippen LogP contribution < -0.4 is 5.32 Å². The Bertz CT molecular complexity index is 521. The summed E-state index contributed by atoms with van der Waals surface area (Å²) >= 11 is 0. The molecule has 2 N–H and O–H groups in total. The molecule has 0 fully saturated rings. The average molecular weight is 300 g/mol. The average Bonchev–Trinajstić information content (AvgIpc) is 2.38. The maximum Gasteiger partial charge on any atom is 0.322 e. The van der Waals surface area contributed by atoms with E-state index < -0.39 is 23.6 Å². The van der Waals surface area contributed by atoms with Crippen LogP contribution in [0.15, 0.2) is 18.2 Å². The summed E-state index contributed by atoms with van der Waals surface area (Å²) < 4.78 is 25.9. The van der Waals surface area contributed by atoms with Crippen molar-refractivity contribution < 1.29 is 23.5 Å². The Balaban J connectivity index is 2.67. The fourth-order valence-electron chi connectivity index (χ4n) is 1.76. The zero-order chi connectivity index (χ0) is 16.0. The van der Waals surface area contributed by atoms with E-state index in [1.165, 1.54) is 11.0 Å². The summed E-state index contributed by atoms with van der Waals surface area (Å²) in [5, 5.41) is 11.1. The van der Waals surface area contributed by atoms with Gasteiger partial charge in [-0.1, -0.05) is 0 Å². The van der Waals surface area contributed by atoms with Crippen molar-refractivity contribution in [1.82, 2.24) is 4.90 Å². The summed E-state index contributed by atoms with van der Waals surface area (Å²) in [6.07, 6.45) is 0.278. The first-order valence-electron chi connectivity index (χ1n) is 6.55. The number of halogens is 2. The first kappa shape index (κ1) is 16.9. The van der Waals surface area contributed by atoms with Crippen LogP contribution in [0.1, 0.15) is 26.7 Å². The molecule has 1 rings (SSSR count). The van der Waals surface area contributed by atoms with Gasteiger partial charge in [-0.15, -0.1) is 0 Å². The summed E-state index contributed by atoms with van der Waals surface area (Å²) in [6.45, 7) is 3.83. The normalized spacial score (nSPS) is 10.5. The number of nitrogens with zero attached hydrogens (tertiary/aromatic N) is 1. The fraction of sp³-hybridized carbons (Fsp3) is 0.429. The molecule has 21 heavy (non-hydrogen) atoms. The van der Waals surface area contributed by atoms with E-state index in [1.54, 1.807) is 13.8 Å². The number of hydrogen-bond acceptors (Lipinski definition) is 2. The van der Waals surface area contributed by atoms with Gasteiger partial charge in [-0.2, -0.15) is 0 Å². The molecule has 0 radical (unpaired) electrons. The molecular weight excluding hydrogens is 282 g/mol. The lowest BCUT2D eigenvalue weighted by atomic mass is 10.2. The Labute approximate surface area is 121 Å². The maximum atomic E-state index is 13.1. The van der Waals surface area contributed by atoms with Crippen molar-refractivity contribution in [3.63, 3.8) is 0 Å². The predicted molar refractivity (Wildman–Crippen MR) is 74.1 cm³/mol. The van der Waals surface area contributed by atoms with Gasteiger partial charge in [0.1, 0.15) is 0 Å². The smallest absolute Gasteiger partial charge is 0.322 e. The number of carboxylic acids is 1. The number of nitrogens with one attached hydrogen (secondary N) is 1. The standard InChI is InChI=1S/C14H18F2N2O3/c1-9(2)18(7-3-4-13(19)20)14(21)17-10-5-6-11(15)12(16)8-10/h5-6,8-9H,3-4,7H2,1-2H3,(H,17,21)(H,19,20). The molecule has 0 aromatic heterocycles. The van der Waals surface area contributed by atoms with Crippen LogP contribution in [0.3, 0.4) is 0 Å². The van der Waals surface area contributed by atoms with Crippen LogP contribution in [0.2, 0.25) is 0 Å². The van der Waals surface area contributed by atoms with E-state index in [2.05, 4.69) is 5.32 Å². The lowest BCUT2D eigenvalue weighted by molar-refractivity contribution is -0.137. The maximum absolute atomic E-state index is 13.1. The van der Waals surface area contributed by atoms with Crippen LogP contribution in [-0.4, -0.2) is 34.6 Å². The molecule has 0 spiro atoms. The van der Waals surface area contributed by atoms with Gasteiger partial charge in [-0.3, -0.25) is 4.79 Å². The summed E-state index contributed by atoms with van der Waals surface area (Å²) in [7, 11) is 0. The Hall–Kier alpha value is -2.18. The van der Waals surface area contributed by atoms with Gasteiger partial charge in [-0.05, 0) is 32.4 Å². The minimum absolute atomic E-state index is 0.0400. The number of amides is 2. The first-order chi connectivity index (χ1) is 9.81. The van der Waals surface area contributed by atoms with Crippen molar-refractivity contribution in [2.24, 2.45) is 0 Å². The van der Waals surface area contributed by atoms with Crippen molar-refractivity contribution in [2.45, 2.75) is 32.7 Å². The van der Waals surface area contributed by atoms with E-state index in [1.807, 2.05) is 0 Å². The van der Waals surface area contributed by atoms with E-state index in [9.17, 15) is 18.4 Å². The number of hydrogen-bond donors (Lipinski definition) is 2. The summed E-state index contributed by atoms with van der Waals surface area (Å²) in [5.74, 6) is -2.97. The second-order valence-electron chi connectivity index (χ2n) is 4.84. The minimum Gasteiger partial charge on any atom is -0.481 e. The van der Waals surface area contributed by atoms with Crippen LogP contribution in [-0.2, 0) is 4.79 Å². The third-order valence-electron chi connectivity index (χ3n) is 2.84. The van der Waals surface area contributed by atoms with Crippen molar-refractivity contribution >= 4 is 17.7 Å². The van der Waals surface area contributed by atoms with E-state index in [0.717, 1.165) is 12.1 Å². The van der Waals surface area contributed by atoms with Crippen LogP contribution in [0, 0.1) is 11.6 Å². The van der Waals surface area contributed by atoms with Gasteiger partial charge in [-0.25, -0.2) is 13.6 Å². The number of aliphatic carboxylic acids is 1. The molecule has 0 saturated carbocycles. The topological polar surface area (TPSA) is 69.6 Å². The van der Waals surface area contributed by atoms with Gasteiger partial charge in [0.25, 0.3) is 0 Å². The highest BCUT2D eigenvalue weighted by atomic mass is 19.2. The molecule has 116 valence electrons. The van der Waals surface area contributed by atoms with Gasteiger partial charge in [0.05, 0.1) is 0 Å². The van der Waals surface area contributed by atoms with Crippen LogP contribution in [0.5, 0.6) is 0 Å². The summed E-state index contributed by atoms with van der Waals surface area (Å²) in [6, 6.07) is 2.44. The van der Waals surface area contributed by atoms with Gasteiger partial charge in [0.2, 0.25) is 0 Å². The highest BCUT2D eigenvalue weighted by Gasteiger charge is 2.17. The van der Waals surface area contributed by atoms with Gasteiger partial charge in [0.15, 0.2) is 11.6 Å². The lowest BCUT2D eigenvalue weighted by Crippen LogP contribution is -2.40. The molecule has 0 aliphatic carbocycles. The van der Waals surface area contributed by atoms with Crippen molar-refractivity contribution in [3.8, 4) is 0 Å². The first-order valence-corrected chi connectivity index (χ1v) is 6.55. The zero-order valence-electron chi connectivity index (χ0n) is 11.9. The summed E-state index contributed by atoms with van der Waals surface area (Å²) in [4.78, 5) is 24.0. The molecule has 0 saturated heterocycles. The molecule has 0 aliphatic rings. The van der Waals surface area contributed by atoms with Gasteiger partial charge >= 0.3 is 12.0 Å². The van der Waals surface area contributed by atoms with E-state index in [-0.39, 0.29) is 24.7 Å². The largest absolute Gasteiger partial charge is 0.481 e. The number of carbonyl (C=O) groups excluding carboxylic acids is 1. The number of carboxylic acid groups (broad SMARTS) is 1. The number of urea groups is 1. The van der Waals surface area contributed by atoms with Crippen LogP contribution in [0.25, 0.3) is 0 Å². The Morgan fingerprint density at radius 2 is 1.95 bits per heavy atom. The molecule has 0 bridgehead atoms. The number of benzene rings is 1. The minimum atomic E-state index is -1.05. The number of rotatable bonds is 6. The number of carbonyl (C=O) groups is 2. The van der Waals surface area contributed by atoms with E-state index in [4.69, 9.17) is 5.11 Å². The van der Waals surface area contributed by atoms with Crippen molar-refractivity contribution in [2.75, 3.05) is 11.9 Å². The Morgan fingerprint density at radius 3 is 2.48 bits per heavy atom. The monoisotopic (exact) mass is 300 g/mol. The molecule has 7 heteroatoms. The molecular formula is C14H18F2N2O3. The Morgan fingerprint density at radius 1 is 1.29 bits per heavy atom. The van der Waals surface area contributed by atoms with Gasteiger partial charge < -0.3 is 15.3 Å². The van der Waals surface area contributed by atoms with Crippen LogP contribution >= 0.6 is 0 Å². The molecule has 5 nitrogen and oxygen atoms in total. The zero-order valence-corrected chi connectivity index (χ0v) is 11.9. The third kappa shape index (κ3) is 5.37. The van der Waals surface area contributed by atoms with E-state index >= 15 is 0 Å². The fourth-order valence-corrected chi connectivity index (χ4v) is 1.76. The van der Waals surface area contributed by atoms with Gasteiger partial charge in [0, 0.05) is 30.8 Å². The molecule has 0 heterocycles. The second kappa shape index (κ2) is 7.56. The molecule has 0 aliphatic heterocycles. The SMILES string of the molecule is CC(C)N(CCCC(=O)O)C(=O)Nc1ccc(F)c(F)c1. The quantitative estimate of drug-likeness (QED) is 0.848. The molecule has 1 aromatic carbocycles. The Kier molecular flexibility index (Phi) is 6.08. The lowest BCUT2D eigenvalue weighted by Gasteiger charge is -2.26. The van der Waals surface area contributed by atoms with E-state index in [0.29, 0.717) is 6.42 Å². The molecule has 0 unspecified atom stereocenters.